The molecule has 0 rings (SSSR count). The Labute approximate surface area is 255 Å². The lowest BCUT2D eigenvalue weighted by atomic mass is 10.0. The first kappa shape index (κ1) is 39.9. The number of ether oxygens (including phenoxy) is 2. The summed E-state index contributed by atoms with van der Waals surface area (Å²) in [6, 6.07) is 0. The highest BCUT2D eigenvalue weighted by Crippen LogP contribution is 2.15. The van der Waals surface area contributed by atoms with E-state index in [4.69, 9.17) is 9.47 Å². The number of rotatable bonds is 33. The Hall–Kier alpha value is -1.10. The number of aliphatic hydroxyl groups excluding tert-OH is 1. The number of hydrogen-bond donors (Lipinski definition) is 1. The highest BCUT2D eigenvalue weighted by Gasteiger charge is 2.12. The molecule has 0 spiro atoms. The Kier molecular flexibility index (Phi) is 32.5. The molecule has 0 radical (unpaired) electrons. The number of unbranched alkanes of at least 4 members (excludes halogenated alkanes) is 25. The van der Waals surface area contributed by atoms with Crippen molar-refractivity contribution < 1.29 is 24.2 Å². The van der Waals surface area contributed by atoms with Crippen LogP contribution >= 0.6 is 0 Å². The molecule has 0 aromatic heterocycles. The van der Waals surface area contributed by atoms with Gasteiger partial charge in [0.15, 0.2) is 0 Å². The summed E-state index contributed by atoms with van der Waals surface area (Å²) in [6.07, 6.45) is 34.3. The molecule has 0 fully saturated rings. The van der Waals surface area contributed by atoms with Crippen LogP contribution in [0.3, 0.4) is 0 Å². The topological polar surface area (TPSA) is 72.8 Å². The Balaban J connectivity index is 3.39. The molecule has 0 heterocycles. The summed E-state index contributed by atoms with van der Waals surface area (Å²) in [5, 5.41) is 9.97. The van der Waals surface area contributed by atoms with Crippen LogP contribution in [0.4, 0.5) is 0 Å². The Morgan fingerprint density at radius 2 is 0.634 bits per heavy atom. The van der Waals surface area contributed by atoms with E-state index >= 15 is 0 Å². The van der Waals surface area contributed by atoms with Gasteiger partial charge in [-0.05, 0) is 12.8 Å². The minimum Gasteiger partial charge on any atom is -0.463 e. The van der Waals surface area contributed by atoms with Crippen LogP contribution < -0.4 is 0 Å². The third-order valence-corrected chi connectivity index (χ3v) is 8.09. The maximum Gasteiger partial charge on any atom is 0.305 e. The van der Waals surface area contributed by atoms with E-state index in [2.05, 4.69) is 13.8 Å². The quantitative estimate of drug-likeness (QED) is 0.0615. The molecule has 0 saturated carbocycles. The van der Waals surface area contributed by atoms with Gasteiger partial charge in [0.1, 0.15) is 19.3 Å². The lowest BCUT2D eigenvalue weighted by Gasteiger charge is -2.12. The highest BCUT2D eigenvalue weighted by atomic mass is 16.6. The molecule has 0 aliphatic carbocycles. The first-order valence-electron chi connectivity index (χ1n) is 18.1. The van der Waals surface area contributed by atoms with Crippen molar-refractivity contribution >= 4 is 11.9 Å². The van der Waals surface area contributed by atoms with Crippen LogP contribution in [0.2, 0.25) is 0 Å². The zero-order chi connectivity index (χ0) is 30.1. The summed E-state index contributed by atoms with van der Waals surface area (Å²) >= 11 is 0. The summed E-state index contributed by atoms with van der Waals surface area (Å²) in [7, 11) is 0. The van der Waals surface area contributed by atoms with Crippen molar-refractivity contribution in [3.05, 3.63) is 0 Å². The molecule has 0 aromatic carbocycles. The molecule has 0 aliphatic heterocycles. The maximum atomic E-state index is 11.9. The smallest absolute Gasteiger partial charge is 0.305 e. The summed E-state index contributed by atoms with van der Waals surface area (Å²) in [6.45, 7) is 4.31. The van der Waals surface area contributed by atoms with Crippen molar-refractivity contribution in [1.29, 1.82) is 0 Å². The Bertz CT molecular complexity index is 550. The Morgan fingerprint density at radius 1 is 0.415 bits per heavy atom. The minimum atomic E-state index is -0.953. The predicted octanol–water partition coefficient (Wildman–Crippen LogP) is 10.8. The van der Waals surface area contributed by atoms with Crippen LogP contribution in [-0.2, 0) is 19.1 Å². The van der Waals surface area contributed by atoms with Gasteiger partial charge in [0.05, 0.1) is 0 Å². The Morgan fingerprint density at radius 3 is 0.878 bits per heavy atom. The van der Waals surface area contributed by atoms with E-state index in [-0.39, 0.29) is 25.2 Å². The highest BCUT2D eigenvalue weighted by molar-refractivity contribution is 5.69. The van der Waals surface area contributed by atoms with E-state index in [1.807, 2.05) is 0 Å². The lowest BCUT2D eigenvalue weighted by Crippen LogP contribution is -2.25. The number of esters is 2. The third kappa shape index (κ3) is 33.3. The fourth-order valence-corrected chi connectivity index (χ4v) is 5.32. The van der Waals surface area contributed by atoms with Gasteiger partial charge < -0.3 is 14.6 Å². The molecule has 0 bridgehead atoms. The second kappa shape index (κ2) is 33.4. The van der Waals surface area contributed by atoms with E-state index in [0.29, 0.717) is 12.8 Å². The average Bonchev–Trinajstić information content (AvgIpc) is 2.97. The number of carbonyl (C=O) groups is 2. The van der Waals surface area contributed by atoms with E-state index in [0.717, 1.165) is 25.7 Å². The zero-order valence-electron chi connectivity index (χ0n) is 27.6. The number of aliphatic hydroxyl groups is 1. The number of carbonyl (C=O) groups excluding carboxylic acids is 2. The molecular formula is C36H70O5. The summed E-state index contributed by atoms with van der Waals surface area (Å²) in [5.41, 5.74) is 0. The molecule has 1 atom stereocenters. The van der Waals surface area contributed by atoms with E-state index in [1.54, 1.807) is 0 Å². The van der Waals surface area contributed by atoms with Crippen molar-refractivity contribution in [3.8, 4) is 0 Å². The van der Waals surface area contributed by atoms with Crippen LogP contribution in [0.1, 0.15) is 200 Å². The largest absolute Gasteiger partial charge is 0.463 e. The molecular weight excluding hydrogens is 512 g/mol. The van der Waals surface area contributed by atoms with Crippen molar-refractivity contribution in [2.75, 3.05) is 13.2 Å². The van der Waals surface area contributed by atoms with Crippen LogP contribution in [0, 0.1) is 0 Å². The summed E-state index contributed by atoms with van der Waals surface area (Å²) < 4.78 is 10.3. The van der Waals surface area contributed by atoms with Gasteiger partial charge in [-0.15, -0.1) is 0 Å². The van der Waals surface area contributed by atoms with E-state index in [9.17, 15) is 14.7 Å². The first-order chi connectivity index (χ1) is 20.1. The van der Waals surface area contributed by atoms with Gasteiger partial charge in [-0.1, -0.05) is 174 Å². The SMILES string of the molecule is CCCCCCCCCCCCCCCCCC(=O)OC[C@@H](O)COC(=O)CCCCCCCCCCCCCC. The molecule has 5 nitrogen and oxygen atoms in total. The predicted molar refractivity (Wildman–Crippen MR) is 173 cm³/mol. The molecule has 0 aliphatic rings. The standard InChI is InChI=1S/C36H70O5/c1-3-5-7-9-11-13-15-17-18-19-21-23-25-27-29-31-36(39)41-33-34(37)32-40-35(38)30-28-26-24-22-20-16-14-12-10-8-6-4-2/h34,37H,3-33H2,1-2H3/t34-/m0/s1. The molecule has 0 aromatic rings. The van der Waals surface area contributed by atoms with Gasteiger partial charge in [-0.25, -0.2) is 0 Å². The van der Waals surface area contributed by atoms with Crippen LogP contribution in [0.15, 0.2) is 0 Å². The number of hydrogen-bond acceptors (Lipinski definition) is 5. The summed E-state index contributed by atoms with van der Waals surface area (Å²) in [5.74, 6) is -0.554. The van der Waals surface area contributed by atoms with Gasteiger partial charge in [-0.2, -0.15) is 0 Å². The lowest BCUT2D eigenvalue weighted by molar-refractivity contribution is -0.152. The first-order valence-corrected chi connectivity index (χ1v) is 18.1. The van der Waals surface area contributed by atoms with Crippen molar-refractivity contribution in [2.24, 2.45) is 0 Å². The molecule has 1 N–H and O–H groups in total. The zero-order valence-corrected chi connectivity index (χ0v) is 27.6. The molecule has 0 unspecified atom stereocenters. The molecule has 0 amide bonds. The molecule has 5 heteroatoms. The van der Waals surface area contributed by atoms with Gasteiger partial charge in [-0.3, -0.25) is 9.59 Å². The fourth-order valence-electron chi connectivity index (χ4n) is 5.32. The minimum absolute atomic E-state index is 0.108. The monoisotopic (exact) mass is 583 g/mol. The van der Waals surface area contributed by atoms with Gasteiger partial charge in [0.2, 0.25) is 0 Å². The average molecular weight is 583 g/mol. The molecule has 244 valence electrons. The van der Waals surface area contributed by atoms with Crippen LogP contribution in [0.5, 0.6) is 0 Å². The third-order valence-electron chi connectivity index (χ3n) is 8.09. The van der Waals surface area contributed by atoms with Gasteiger partial charge in [0, 0.05) is 12.8 Å². The van der Waals surface area contributed by atoms with Crippen molar-refractivity contribution in [3.63, 3.8) is 0 Å². The normalized spacial score (nSPS) is 12.0. The van der Waals surface area contributed by atoms with Crippen LogP contribution in [-0.4, -0.2) is 36.4 Å². The summed E-state index contributed by atoms with van der Waals surface area (Å²) in [4.78, 5) is 23.8. The van der Waals surface area contributed by atoms with Crippen LogP contribution in [0.25, 0.3) is 0 Å². The molecule has 0 saturated heterocycles. The fraction of sp³-hybridized carbons (Fsp3) is 0.944. The second-order valence-corrected chi connectivity index (χ2v) is 12.4. The van der Waals surface area contributed by atoms with Crippen molar-refractivity contribution in [2.45, 2.75) is 206 Å². The van der Waals surface area contributed by atoms with Crippen molar-refractivity contribution in [1.82, 2.24) is 0 Å². The maximum absolute atomic E-state index is 11.9. The van der Waals surface area contributed by atoms with Gasteiger partial charge in [0.25, 0.3) is 0 Å². The van der Waals surface area contributed by atoms with E-state index in [1.165, 1.54) is 148 Å². The van der Waals surface area contributed by atoms with E-state index < -0.39 is 6.10 Å². The van der Waals surface area contributed by atoms with Gasteiger partial charge >= 0.3 is 11.9 Å². The molecule has 41 heavy (non-hydrogen) atoms. The second-order valence-electron chi connectivity index (χ2n) is 12.4.